The summed E-state index contributed by atoms with van der Waals surface area (Å²) in [5.41, 5.74) is 12.3. The second-order valence-electron chi connectivity index (χ2n) is 25.3. The monoisotopic (exact) mass is 1030 g/mol. The third-order valence-electron chi connectivity index (χ3n) is 17.3. The molecule has 0 saturated heterocycles. The van der Waals surface area contributed by atoms with E-state index in [4.69, 9.17) is 9.72 Å². The first-order valence-electron chi connectivity index (χ1n) is 24.6. The van der Waals surface area contributed by atoms with Crippen molar-refractivity contribution in [2.75, 3.05) is 7.11 Å². The molecule has 0 aliphatic heterocycles. The van der Waals surface area contributed by atoms with Gasteiger partial charge in [0.1, 0.15) is 5.75 Å². The van der Waals surface area contributed by atoms with E-state index in [9.17, 15) is 0 Å². The summed E-state index contributed by atoms with van der Waals surface area (Å²) in [7, 11) is 1.70. The molecule has 65 heavy (non-hydrogen) atoms. The summed E-state index contributed by atoms with van der Waals surface area (Å²) in [6, 6.07) is 29.2. The molecule has 5 aromatic rings. The van der Waals surface area contributed by atoms with Crippen LogP contribution in [-0.2, 0) is 33.7 Å². The molecule has 1 heterocycles. The predicted molar refractivity (Wildman–Crippen MR) is 260 cm³/mol. The van der Waals surface area contributed by atoms with Crippen molar-refractivity contribution in [3.63, 3.8) is 0 Å². The zero-order valence-electron chi connectivity index (χ0n) is 41.2. The number of aromatic nitrogens is 1. The molecule has 5 heteroatoms. The number of methoxy groups -OCH3 is 1. The Labute approximate surface area is 401 Å². The molecule has 13 rings (SSSR count). The molecule has 8 aliphatic carbocycles. The fourth-order valence-electron chi connectivity index (χ4n) is 18.7. The van der Waals surface area contributed by atoms with E-state index in [0.717, 1.165) is 106 Å². The van der Waals surface area contributed by atoms with Crippen LogP contribution in [0.5, 0.6) is 17.2 Å². The van der Waals surface area contributed by atoms with E-state index >= 15 is 10.2 Å². The molecule has 1 aromatic heterocycles. The number of pyridine rings is 1. The normalized spacial score (nSPS) is 34.8. The van der Waals surface area contributed by atoms with Gasteiger partial charge < -0.3 is 14.9 Å². The van der Waals surface area contributed by atoms with Gasteiger partial charge in [0.2, 0.25) is 0 Å². The Morgan fingerprint density at radius 2 is 0.738 bits per heavy atom. The molecular weight excluding hydrogens is 961 g/mol. The Hall–Kier alpha value is -3.70. The van der Waals surface area contributed by atoms with Gasteiger partial charge in [-0.2, -0.15) is 0 Å². The van der Waals surface area contributed by atoms with Crippen molar-refractivity contribution in [3.8, 4) is 62.0 Å². The summed E-state index contributed by atoms with van der Waals surface area (Å²) < 4.78 is 10.7. The average molecular weight is 1030 g/mol. The van der Waals surface area contributed by atoms with Crippen molar-refractivity contribution in [3.05, 3.63) is 107 Å². The van der Waals surface area contributed by atoms with E-state index in [0.29, 0.717) is 5.75 Å². The second-order valence-corrected chi connectivity index (χ2v) is 28.9. The molecule has 8 fully saturated rings. The van der Waals surface area contributed by atoms with E-state index in [2.05, 4.69) is 113 Å². The van der Waals surface area contributed by atoms with E-state index in [1.54, 1.807) is 7.11 Å². The van der Waals surface area contributed by atoms with Gasteiger partial charge in [-0.3, -0.25) is 0 Å². The molecule has 4 nitrogen and oxygen atoms in total. The van der Waals surface area contributed by atoms with Crippen molar-refractivity contribution in [1.82, 2.24) is 4.98 Å². The van der Waals surface area contributed by atoms with Crippen LogP contribution < -0.4 is 14.9 Å². The number of hydrogen-bond acceptors (Lipinski definition) is 4. The first kappa shape index (κ1) is 45.1. The molecule has 0 amide bonds. The van der Waals surface area contributed by atoms with Crippen molar-refractivity contribution in [2.24, 2.45) is 32.5 Å². The van der Waals surface area contributed by atoms with Gasteiger partial charge in [0.05, 0.1) is 18.5 Å². The molecule has 0 spiro atoms. The van der Waals surface area contributed by atoms with Crippen LogP contribution in [0, 0.1) is 46.3 Å². The summed E-state index contributed by atoms with van der Waals surface area (Å²) in [5.74, 6) is 1.02. The first-order valence-corrected chi connectivity index (χ1v) is 31.8. The molecular formula is C60H71HfNO3. The van der Waals surface area contributed by atoms with E-state index < -0.39 is 0 Å². The molecule has 0 radical (unpaired) electrons. The SMILES string of the molecule is COc1cc(-c2ccccc2-c2cc(C)cc(C34CC5(C)CC(C)(CC(C)(C5)C3)C4)c2[O-])nc(-c2ccccc2-c2cc(C)cc(C34CC5(C)CC(C)(CC(C)(C5)C3)C4)c2[O-])c1.[CH3][Hf+2][CH3]. The van der Waals surface area contributed by atoms with Gasteiger partial charge in [-0.1, -0.05) is 137 Å². The average Bonchev–Trinajstić information content (AvgIpc) is 3.19. The molecule has 0 N–H and O–H groups in total. The summed E-state index contributed by atoms with van der Waals surface area (Å²) in [5, 5.41) is 30.4. The number of benzene rings is 4. The minimum atomic E-state index is -0.107. The maximum atomic E-state index is 15.2. The quantitative estimate of drug-likeness (QED) is 0.152. The number of rotatable bonds is 7. The van der Waals surface area contributed by atoms with Crippen LogP contribution in [0.25, 0.3) is 44.8 Å². The Bertz CT molecular complexity index is 2440. The standard InChI is InChI=1S/C58H67NO3.2CH3.Hf/c1-36-18-43(49(60)45(20-36)57-30-51(3)24-52(4,31-57)26-53(5,25-51)32-57)39-14-10-12-16-41(39)47-22-38(62-9)23-48(59-47)42-17-13-11-15-40(42)44-19-37(2)21-46(50(44)61)58-33-54(6)27-55(7,34-58)29-56(8,28-54)35-58;;;/h10-23,60-61H,24-35H2,1-9H3;2*1H3;/q;;;+2/p-2. The fraction of sp³-hybridized carbons (Fsp3) is 0.517. The van der Waals surface area contributed by atoms with Gasteiger partial charge in [-0.05, 0) is 168 Å². The van der Waals surface area contributed by atoms with Gasteiger partial charge in [-0.25, -0.2) is 4.98 Å². The Balaban J connectivity index is 0.00000162. The van der Waals surface area contributed by atoms with E-state index in [1.165, 1.54) is 38.5 Å². The summed E-state index contributed by atoms with van der Waals surface area (Å²) in [4.78, 5) is 5.42. The van der Waals surface area contributed by atoms with E-state index in [1.807, 2.05) is 36.4 Å². The van der Waals surface area contributed by atoms with Crippen LogP contribution >= 0.6 is 0 Å². The van der Waals surface area contributed by atoms with Crippen molar-refractivity contribution >= 4 is 0 Å². The maximum absolute atomic E-state index is 15.2. The third kappa shape index (κ3) is 7.59. The van der Waals surface area contributed by atoms with Crippen LogP contribution in [-0.4, -0.2) is 12.1 Å². The van der Waals surface area contributed by atoms with Crippen LogP contribution in [0.2, 0.25) is 9.36 Å². The number of aryl methyl sites for hydroxylation is 2. The van der Waals surface area contributed by atoms with Gasteiger partial charge in [0.25, 0.3) is 0 Å². The van der Waals surface area contributed by atoms with Crippen LogP contribution in [0.4, 0.5) is 0 Å². The van der Waals surface area contributed by atoms with Gasteiger partial charge in [0, 0.05) is 23.3 Å². The summed E-state index contributed by atoms with van der Waals surface area (Å²) >= 11 is 0.0833. The molecule has 8 aliphatic rings. The third-order valence-corrected chi connectivity index (χ3v) is 17.3. The second kappa shape index (κ2) is 15.2. The van der Waals surface area contributed by atoms with Crippen molar-refractivity contribution in [1.29, 1.82) is 0 Å². The van der Waals surface area contributed by atoms with Crippen LogP contribution in [0.3, 0.4) is 0 Å². The molecule has 338 valence electrons. The molecule has 4 aromatic carbocycles. The van der Waals surface area contributed by atoms with E-state index in [-0.39, 0.29) is 77.7 Å². The van der Waals surface area contributed by atoms with Crippen LogP contribution in [0.15, 0.2) is 84.9 Å². The molecule has 0 unspecified atom stereocenters. The van der Waals surface area contributed by atoms with Gasteiger partial charge in [-0.15, -0.1) is 0 Å². The molecule has 0 atom stereocenters. The fourth-order valence-corrected chi connectivity index (χ4v) is 18.7. The van der Waals surface area contributed by atoms with Crippen LogP contribution in [0.1, 0.15) is 141 Å². The summed E-state index contributed by atoms with van der Waals surface area (Å²) in [6.07, 6.45) is 14.2. The number of nitrogens with zero attached hydrogens (tertiary/aromatic N) is 1. The Morgan fingerprint density at radius 3 is 1.03 bits per heavy atom. The first-order chi connectivity index (χ1) is 30.6. The zero-order chi connectivity index (χ0) is 46.2. The Kier molecular flexibility index (Phi) is 10.5. The predicted octanol–water partition coefficient (Wildman–Crippen LogP) is 15.0. The van der Waals surface area contributed by atoms with Crippen molar-refractivity contribution in [2.45, 2.75) is 153 Å². The molecule has 8 saturated carbocycles. The summed E-state index contributed by atoms with van der Waals surface area (Å²) in [6.45, 7) is 19.3. The number of hydrogen-bond donors (Lipinski definition) is 0. The van der Waals surface area contributed by atoms with Gasteiger partial charge in [0.15, 0.2) is 0 Å². The minimum absolute atomic E-state index is 0.0833. The van der Waals surface area contributed by atoms with Crippen molar-refractivity contribution < 1.29 is 37.9 Å². The zero-order valence-corrected chi connectivity index (χ0v) is 44.8. The number of ether oxygens (including phenoxy) is 1. The Morgan fingerprint density at radius 1 is 0.446 bits per heavy atom. The van der Waals surface area contributed by atoms with Gasteiger partial charge >= 0.3 is 32.3 Å². The molecule has 8 bridgehead atoms. The topological polar surface area (TPSA) is 68.2 Å².